The van der Waals surface area contributed by atoms with E-state index in [2.05, 4.69) is 9.64 Å². The van der Waals surface area contributed by atoms with E-state index in [0.717, 1.165) is 6.42 Å². The molecule has 1 unspecified atom stereocenters. The van der Waals surface area contributed by atoms with Crippen molar-refractivity contribution in [2.75, 3.05) is 13.1 Å². The van der Waals surface area contributed by atoms with Crippen LogP contribution >= 0.6 is 0 Å². The molecule has 0 amide bonds. The number of carboxylic acids is 1. The van der Waals surface area contributed by atoms with Crippen LogP contribution in [0.4, 0.5) is 13.2 Å². The van der Waals surface area contributed by atoms with Crippen LogP contribution in [0.3, 0.4) is 0 Å². The molecule has 9 heteroatoms. The molecule has 2 rings (SSSR count). The maximum atomic E-state index is 12.4. The van der Waals surface area contributed by atoms with Crippen LogP contribution < -0.4 is 10.5 Å². The lowest BCUT2D eigenvalue weighted by Crippen LogP contribution is -2.56. The number of benzene rings is 1. The molecule has 1 fully saturated rings. The number of carbonyl (C=O) groups is 1. The lowest BCUT2D eigenvalue weighted by Gasteiger charge is -2.40. The zero-order valence-electron chi connectivity index (χ0n) is 15.8. The number of rotatable bonds is 9. The van der Waals surface area contributed by atoms with Crippen LogP contribution in [0.15, 0.2) is 24.3 Å². The molecular formula is C19H26BF3N2O3. The number of likely N-dealkylation sites (tertiary alicyclic amines) is 1. The van der Waals surface area contributed by atoms with E-state index in [1.165, 1.54) is 18.2 Å². The summed E-state index contributed by atoms with van der Waals surface area (Å²) in [5.41, 5.74) is 5.70. The topological polar surface area (TPSA) is 75.8 Å². The Kier molecular flexibility index (Phi) is 7.77. The van der Waals surface area contributed by atoms with Crippen molar-refractivity contribution in [2.45, 2.75) is 56.9 Å². The second kappa shape index (κ2) is 9.65. The van der Waals surface area contributed by atoms with Crippen molar-refractivity contribution >= 4 is 13.8 Å². The van der Waals surface area contributed by atoms with Gasteiger partial charge >= 0.3 is 12.3 Å². The highest BCUT2D eigenvalue weighted by Gasteiger charge is 2.42. The number of piperidine rings is 1. The first-order valence-corrected chi connectivity index (χ1v) is 9.43. The Morgan fingerprint density at radius 1 is 1.29 bits per heavy atom. The third-order valence-corrected chi connectivity index (χ3v) is 5.30. The standard InChI is InChI=1S/C19H26BF3N2O3/c20-9-2-1-8-18(24,17(26)27)15-6-10-25(11-7-15)13-14-4-3-5-16(12-14)28-19(21,22)23/h3-5,12,15H,1-2,6-11,13,24H2,(H,26,27). The molecule has 1 aliphatic heterocycles. The van der Waals surface area contributed by atoms with Crippen LogP contribution in [-0.2, 0) is 11.3 Å². The van der Waals surface area contributed by atoms with Gasteiger partial charge in [-0.05, 0) is 56.0 Å². The van der Waals surface area contributed by atoms with E-state index in [-0.39, 0.29) is 11.7 Å². The monoisotopic (exact) mass is 398 g/mol. The van der Waals surface area contributed by atoms with Gasteiger partial charge in [0.15, 0.2) is 0 Å². The highest BCUT2D eigenvalue weighted by molar-refractivity contribution is 6.08. The van der Waals surface area contributed by atoms with E-state index < -0.39 is 17.9 Å². The number of ether oxygens (including phenoxy) is 1. The molecule has 1 atom stereocenters. The molecule has 1 heterocycles. The van der Waals surface area contributed by atoms with Gasteiger partial charge in [0.2, 0.25) is 0 Å². The predicted molar refractivity (Wildman–Crippen MR) is 100 cm³/mol. The minimum atomic E-state index is -4.72. The Balaban J connectivity index is 1.92. The van der Waals surface area contributed by atoms with Gasteiger partial charge in [0.1, 0.15) is 11.3 Å². The molecule has 3 N–H and O–H groups in total. The number of alkyl halides is 3. The molecule has 1 aliphatic rings. The molecular weight excluding hydrogens is 372 g/mol. The van der Waals surface area contributed by atoms with Gasteiger partial charge in [-0.1, -0.05) is 31.3 Å². The quantitative estimate of drug-likeness (QED) is 0.493. The number of unbranched alkanes of at least 4 members (excludes halogenated alkanes) is 1. The molecule has 0 spiro atoms. The van der Waals surface area contributed by atoms with Crippen molar-refractivity contribution in [3.05, 3.63) is 29.8 Å². The van der Waals surface area contributed by atoms with Crippen LogP contribution in [0.1, 0.15) is 37.7 Å². The summed E-state index contributed by atoms with van der Waals surface area (Å²) in [6.07, 6.45) is -1.16. The van der Waals surface area contributed by atoms with Gasteiger partial charge in [-0.2, -0.15) is 0 Å². The summed E-state index contributed by atoms with van der Waals surface area (Å²) in [6, 6.07) is 5.90. The zero-order chi connectivity index (χ0) is 20.8. The molecule has 154 valence electrons. The minimum Gasteiger partial charge on any atom is -0.480 e. The number of halogens is 3. The molecule has 28 heavy (non-hydrogen) atoms. The molecule has 0 aromatic heterocycles. The van der Waals surface area contributed by atoms with Crippen molar-refractivity contribution in [1.82, 2.24) is 4.90 Å². The van der Waals surface area contributed by atoms with Gasteiger partial charge in [0.05, 0.1) is 7.85 Å². The van der Waals surface area contributed by atoms with Gasteiger partial charge in [-0.25, -0.2) is 0 Å². The Bertz CT molecular complexity index is 652. The number of hydrogen-bond donors (Lipinski definition) is 2. The Morgan fingerprint density at radius 2 is 1.96 bits per heavy atom. The van der Waals surface area contributed by atoms with E-state index in [4.69, 9.17) is 13.6 Å². The number of hydrogen-bond acceptors (Lipinski definition) is 4. The second-order valence-corrected chi connectivity index (χ2v) is 7.34. The van der Waals surface area contributed by atoms with Crippen molar-refractivity contribution in [3.63, 3.8) is 0 Å². The SMILES string of the molecule is [B]CCCCC(N)(C(=O)O)C1CCN(Cc2cccc(OC(F)(F)F)c2)CC1. The van der Waals surface area contributed by atoms with E-state index >= 15 is 0 Å². The fraction of sp³-hybridized carbons (Fsp3) is 0.632. The summed E-state index contributed by atoms with van der Waals surface area (Å²) < 4.78 is 41.0. The third-order valence-electron chi connectivity index (χ3n) is 5.30. The molecule has 1 aromatic rings. The Morgan fingerprint density at radius 3 is 2.54 bits per heavy atom. The van der Waals surface area contributed by atoms with Gasteiger partial charge in [-0.3, -0.25) is 9.69 Å². The van der Waals surface area contributed by atoms with Crippen LogP contribution in [-0.4, -0.2) is 48.8 Å². The Labute approximate surface area is 164 Å². The summed E-state index contributed by atoms with van der Waals surface area (Å²) in [6.45, 7) is 1.75. The number of aliphatic carboxylic acids is 1. The summed E-state index contributed by atoms with van der Waals surface area (Å²) in [5, 5.41) is 9.63. The lowest BCUT2D eigenvalue weighted by molar-refractivity contribution is -0.274. The number of nitrogens with two attached hydrogens (primary N) is 1. The first-order chi connectivity index (χ1) is 13.1. The van der Waals surface area contributed by atoms with Gasteiger partial charge in [0.25, 0.3) is 0 Å². The zero-order valence-corrected chi connectivity index (χ0v) is 15.8. The van der Waals surface area contributed by atoms with E-state index in [1.807, 2.05) is 0 Å². The van der Waals surface area contributed by atoms with Gasteiger partial charge in [0, 0.05) is 6.54 Å². The van der Waals surface area contributed by atoms with Crippen LogP contribution in [0, 0.1) is 5.92 Å². The predicted octanol–water partition coefficient (Wildman–Crippen LogP) is 3.34. The summed E-state index contributed by atoms with van der Waals surface area (Å²) >= 11 is 0. The first kappa shape index (κ1) is 22.6. The van der Waals surface area contributed by atoms with Crippen molar-refractivity contribution < 1.29 is 27.8 Å². The third kappa shape index (κ3) is 6.41. The van der Waals surface area contributed by atoms with Crippen molar-refractivity contribution in [3.8, 4) is 5.75 Å². The maximum Gasteiger partial charge on any atom is 0.573 e. The fourth-order valence-corrected chi connectivity index (χ4v) is 3.75. The largest absolute Gasteiger partial charge is 0.573 e. The van der Waals surface area contributed by atoms with Crippen molar-refractivity contribution in [1.29, 1.82) is 0 Å². The van der Waals surface area contributed by atoms with Crippen LogP contribution in [0.5, 0.6) is 5.75 Å². The van der Waals surface area contributed by atoms with Crippen molar-refractivity contribution in [2.24, 2.45) is 11.7 Å². The summed E-state index contributed by atoms with van der Waals surface area (Å²) in [7, 11) is 5.48. The highest BCUT2D eigenvalue weighted by atomic mass is 19.4. The lowest BCUT2D eigenvalue weighted by atomic mass is 9.75. The molecule has 0 saturated carbocycles. The normalized spacial score (nSPS) is 18.6. The second-order valence-electron chi connectivity index (χ2n) is 7.34. The summed E-state index contributed by atoms with van der Waals surface area (Å²) in [5.74, 6) is -1.37. The Hall–Kier alpha value is -1.74. The average molecular weight is 398 g/mol. The molecule has 1 aromatic carbocycles. The number of carboxylic acid groups (broad SMARTS) is 1. The smallest absolute Gasteiger partial charge is 0.480 e. The first-order valence-electron chi connectivity index (χ1n) is 9.43. The summed E-state index contributed by atoms with van der Waals surface area (Å²) in [4.78, 5) is 13.9. The minimum absolute atomic E-state index is 0.140. The molecule has 1 saturated heterocycles. The van der Waals surface area contributed by atoms with Crippen LogP contribution in [0.25, 0.3) is 0 Å². The molecule has 5 nitrogen and oxygen atoms in total. The van der Waals surface area contributed by atoms with Gasteiger partial charge < -0.3 is 15.6 Å². The number of nitrogens with zero attached hydrogens (tertiary/aromatic N) is 1. The van der Waals surface area contributed by atoms with E-state index in [0.29, 0.717) is 57.2 Å². The maximum absolute atomic E-state index is 12.4. The van der Waals surface area contributed by atoms with E-state index in [1.54, 1.807) is 6.07 Å². The highest BCUT2D eigenvalue weighted by Crippen LogP contribution is 2.32. The molecule has 0 bridgehead atoms. The fourth-order valence-electron chi connectivity index (χ4n) is 3.75. The van der Waals surface area contributed by atoms with Crippen LogP contribution in [0.2, 0.25) is 6.32 Å². The van der Waals surface area contributed by atoms with E-state index in [9.17, 15) is 23.1 Å². The molecule has 0 aliphatic carbocycles. The molecule has 2 radical (unpaired) electrons. The van der Waals surface area contributed by atoms with Gasteiger partial charge in [-0.15, -0.1) is 13.2 Å². The average Bonchev–Trinajstić information content (AvgIpc) is 2.61.